The smallest absolute Gasteiger partial charge is 0.325 e. The van der Waals surface area contributed by atoms with Gasteiger partial charge in [0.05, 0.1) is 20.1 Å². The SMILES string of the molecule is CCOC(=O)CN(Cc1ccc(OC)cc1)C(=O)CC(=O)c1ccc(F)cc1. The van der Waals surface area contributed by atoms with Crippen LogP contribution in [0.25, 0.3) is 0 Å². The van der Waals surface area contributed by atoms with Gasteiger partial charge in [-0.2, -0.15) is 0 Å². The van der Waals surface area contributed by atoms with Crippen molar-refractivity contribution >= 4 is 17.7 Å². The van der Waals surface area contributed by atoms with Crippen LogP contribution in [0.3, 0.4) is 0 Å². The van der Waals surface area contributed by atoms with Crippen LogP contribution in [0.2, 0.25) is 0 Å². The lowest BCUT2D eigenvalue weighted by Crippen LogP contribution is -2.37. The summed E-state index contributed by atoms with van der Waals surface area (Å²) in [5.41, 5.74) is 1.00. The number of methoxy groups -OCH3 is 1. The first kappa shape index (κ1) is 21.1. The van der Waals surface area contributed by atoms with Crippen molar-refractivity contribution in [3.8, 4) is 5.75 Å². The maximum Gasteiger partial charge on any atom is 0.325 e. The van der Waals surface area contributed by atoms with Gasteiger partial charge < -0.3 is 14.4 Å². The van der Waals surface area contributed by atoms with E-state index in [9.17, 15) is 18.8 Å². The lowest BCUT2D eigenvalue weighted by Gasteiger charge is -2.22. The summed E-state index contributed by atoms with van der Waals surface area (Å²) in [6.07, 6.45) is -0.429. The number of carbonyl (C=O) groups excluding carboxylic acids is 3. The average molecular weight is 387 g/mol. The predicted octanol–water partition coefficient (Wildman–Crippen LogP) is 3.00. The second kappa shape index (κ2) is 10.2. The molecule has 2 aromatic rings. The molecule has 0 aliphatic heterocycles. The first-order valence-electron chi connectivity index (χ1n) is 8.78. The number of hydrogen-bond donors (Lipinski definition) is 0. The van der Waals surface area contributed by atoms with Crippen molar-refractivity contribution in [3.63, 3.8) is 0 Å². The molecule has 0 heterocycles. The minimum absolute atomic E-state index is 0.137. The lowest BCUT2D eigenvalue weighted by atomic mass is 10.1. The zero-order valence-electron chi connectivity index (χ0n) is 15.8. The molecule has 0 aliphatic carbocycles. The third kappa shape index (κ3) is 6.19. The van der Waals surface area contributed by atoms with Crippen LogP contribution in [0, 0.1) is 5.82 Å². The summed E-state index contributed by atoms with van der Waals surface area (Å²) >= 11 is 0. The Morgan fingerprint density at radius 3 is 2.21 bits per heavy atom. The predicted molar refractivity (Wildman–Crippen MR) is 100 cm³/mol. The van der Waals surface area contributed by atoms with E-state index in [2.05, 4.69) is 0 Å². The van der Waals surface area contributed by atoms with Crippen molar-refractivity contribution in [2.24, 2.45) is 0 Å². The van der Waals surface area contributed by atoms with E-state index in [0.717, 1.165) is 17.7 Å². The molecule has 1 amide bonds. The van der Waals surface area contributed by atoms with E-state index in [0.29, 0.717) is 5.75 Å². The van der Waals surface area contributed by atoms with Crippen LogP contribution in [0.5, 0.6) is 5.75 Å². The van der Waals surface area contributed by atoms with Crippen molar-refractivity contribution < 1.29 is 28.2 Å². The van der Waals surface area contributed by atoms with Gasteiger partial charge in [0.2, 0.25) is 5.91 Å². The van der Waals surface area contributed by atoms with E-state index >= 15 is 0 Å². The number of halogens is 1. The van der Waals surface area contributed by atoms with Gasteiger partial charge in [-0.3, -0.25) is 14.4 Å². The summed E-state index contributed by atoms with van der Waals surface area (Å²) in [5.74, 6) is -1.32. The average Bonchev–Trinajstić information content (AvgIpc) is 2.68. The highest BCUT2D eigenvalue weighted by atomic mass is 19.1. The Labute approximate surface area is 162 Å². The molecule has 0 radical (unpaired) electrons. The summed E-state index contributed by atoms with van der Waals surface area (Å²) in [6.45, 7) is 1.73. The molecule has 0 atom stereocenters. The molecule has 0 saturated heterocycles. The van der Waals surface area contributed by atoms with Gasteiger partial charge in [-0.15, -0.1) is 0 Å². The highest BCUT2D eigenvalue weighted by Gasteiger charge is 2.21. The number of benzene rings is 2. The summed E-state index contributed by atoms with van der Waals surface area (Å²) < 4.78 is 23.0. The van der Waals surface area contributed by atoms with Crippen molar-refractivity contribution in [2.75, 3.05) is 20.3 Å². The molecule has 2 rings (SSSR count). The van der Waals surface area contributed by atoms with E-state index in [1.165, 1.54) is 17.0 Å². The zero-order chi connectivity index (χ0) is 20.5. The van der Waals surface area contributed by atoms with Gasteiger partial charge in [0.1, 0.15) is 18.1 Å². The summed E-state index contributed by atoms with van der Waals surface area (Å²) in [6, 6.07) is 12.0. The fraction of sp³-hybridized carbons (Fsp3) is 0.286. The van der Waals surface area contributed by atoms with Crippen molar-refractivity contribution in [3.05, 3.63) is 65.5 Å². The number of nitrogens with zero attached hydrogens (tertiary/aromatic N) is 1. The number of rotatable bonds is 9. The topological polar surface area (TPSA) is 72.9 Å². The quantitative estimate of drug-likeness (QED) is 0.376. The number of hydrogen-bond acceptors (Lipinski definition) is 5. The third-order valence-corrected chi connectivity index (χ3v) is 3.99. The molecule has 7 heteroatoms. The Morgan fingerprint density at radius 2 is 1.64 bits per heavy atom. The van der Waals surface area contributed by atoms with Gasteiger partial charge in [-0.05, 0) is 48.9 Å². The zero-order valence-corrected chi connectivity index (χ0v) is 15.8. The second-order valence-corrected chi connectivity index (χ2v) is 6.01. The van der Waals surface area contributed by atoms with E-state index < -0.39 is 29.9 Å². The fourth-order valence-corrected chi connectivity index (χ4v) is 2.53. The molecule has 0 N–H and O–H groups in total. The number of Topliss-reactive ketones (excluding diaryl/α,β-unsaturated/α-hetero) is 1. The van der Waals surface area contributed by atoms with E-state index in [-0.39, 0.29) is 25.3 Å². The number of amides is 1. The Kier molecular flexibility index (Phi) is 7.68. The summed E-state index contributed by atoms with van der Waals surface area (Å²) in [5, 5.41) is 0. The summed E-state index contributed by atoms with van der Waals surface area (Å²) in [7, 11) is 1.55. The molecule has 148 valence electrons. The highest BCUT2D eigenvalue weighted by Crippen LogP contribution is 2.14. The number of carbonyl (C=O) groups is 3. The van der Waals surface area contributed by atoms with Crippen LogP contribution in [0.1, 0.15) is 29.3 Å². The van der Waals surface area contributed by atoms with Gasteiger partial charge in [0.15, 0.2) is 5.78 Å². The maximum atomic E-state index is 13.0. The minimum atomic E-state index is -0.557. The van der Waals surface area contributed by atoms with Crippen molar-refractivity contribution in [2.45, 2.75) is 19.9 Å². The Balaban J connectivity index is 2.11. The summed E-state index contributed by atoms with van der Waals surface area (Å²) in [4.78, 5) is 38.1. The molecule has 0 spiro atoms. The van der Waals surface area contributed by atoms with Crippen LogP contribution in [-0.2, 0) is 20.9 Å². The maximum absolute atomic E-state index is 13.0. The van der Waals surface area contributed by atoms with Crippen LogP contribution < -0.4 is 4.74 Å². The monoisotopic (exact) mass is 387 g/mol. The Morgan fingerprint density at radius 1 is 1.00 bits per heavy atom. The number of esters is 1. The third-order valence-electron chi connectivity index (χ3n) is 3.99. The molecule has 0 aromatic heterocycles. The van der Waals surface area contributed by atoms with Gasteiger partial charge in [-0.1, -0.05) is 12.1 Å². The molecule has 0 aliphatic rings. The van der Waals surface area contributed by atoms with Crippen LogP contribution >= 0.6 is 0 Å². The van der Waals surface area contributed by atoms with Crippen LogP contribution in [0.4, 0.5) is 4.39 Å². The number of ether oxygens (including phenoxy) is 2. The van der Waals surface area contributed by atoms with E-state index in [4.69, 9.17) is 9.47 Å². The minimum Gasteiger partial charge on any atom is -0.497 e. The van der Waals surface area contributed by atoms with Crippen LogP contribution in [0.15, 0.2) is 48.5 Å². The molecule has 0 fully saturated rings. The molecule has 0 saturated carbocycles. The number of ketones is 1. The molecule has 0 bridgehead atoms. The standard InChI is InChI=1S/C21H22FNO5/c1-3-28-21(26)14-23(13-15-4-10-18(27-2)11-5-15)20(25)12-19(24)16-6-8-17(22)9-7-16/h4-11H,3,12-14H2,1-2H3. The van der Waals surface area contributed by atoms with Gasteiger partial charge in [-0.25, -0.2) is 4.39 Å². The van der Waals surface area contributed by atoms with Gasteiger partial charge in [0, 0.05) is 12.1 Å². The van der Waals surface area contributed by atoms with Crippen molar-refractivity contribution in [1.82, 2.24) is 4.90 Å². The van der Waals surface area contributed by atoms with E-state index in [1.807, 2.05) is 0 Å². The molecular formula is C21H22FNO5. The first-order chi connectivity index (χ1) is 13.4. The molecule has 28 heavy (non-hydrogen) atoms. The molecule has 0 unspecified atom stereocenters. The Bertz CT molecular complexity index is 818. The van der Waals surface area contributed by atoms with Gasteiger partial charge >= 0.3 is 5.97 Å². The Hall–Kier alpha value is -3.22. The largest absolute Gasteiger partial charge is 0.497 e. The van der Waals surface area contributed by atoms with Gasteiger partial charge in [0.25, 0.3) is 0 Å². The second-order valence-electron chi connectivity index (χ2n) is 6.01. The highest BCUT2D eigenvalue weighted by molar-refractivity contribution is 6.07. The first-order valence-corrected chi connectivity index (χ1v) is 8.78. The fourth-order valence-electron chi connectivity index (χ4n) is 2.53. The molecular weight excluding hydrogens is 365 g/mol. The normalized spacial score (nSPS) is 10.2. The van der Waals surface area contributed by atoms with E-state index in [1.54, 1.807) is 38.3 Å². The van der Waals surface area contributed by atoms with Crippen LogP contribution in [-0.4, -0.2) is 42.8 Å². The lowest BCUT2D eigenvalue weighted by molar-refractivity contribution is -0.149. The van der Waals surface area contributed by atoms with Crippen molar-refractivity contribution in [1.29, 1.82) is 0 Å². The molecule has 6 nitrogen and oxygen atoms in total. The molecule has 2 aromatic carbocycles.